The monoisotopic (exact) mass is 681 g/mol. The van der Waals surface area contributed by atoms with Crippen LogP contribution in [-0.4, -0.2) is 76.6 Å². The lowest BCUT2D eigenvalue weighted by Crippen LogP contribution is -2.38. The quantitative estimate of drug-likeness (QED) is 0.237. The zero-order chi connectivity index (χ0) is 32.5. The zero-order valence-electron chi connectivity index (χ0n) is 25.1. The van der Waals surface area contributed by atoms with E-state index in [2.05, 4.69) is 15.0 Å². The van der Waals surface area contributed by atoms with E-state index in [0.717, 1.165) is 11.1 Å². The van der Waals surface area contributed by atoms with Gasteiger partial charge >= 0.3 is 0 Å². The molecule has 1 aliphatic rings. The number of rotatable bonds is 8. The van der Waals surface area contributed by atoms with Gasteiger partial charge in [0.25, 0.3) is 0 Å². The lowest BCUT2D eigenvalue weighted by molar-refractivity contribution is -0.119. The summed E-state index contributed by atoms with van der Waals surface area (Å²) in [5, 5.41) is 0.514. The largest absolute Gasteiger partial charge is 0.326 e. The Balaban J connectivity index is 1.31. The maximum Gasteiger partial charge on any atom is 0.243 e. The van der Waals surface area contributed by atoms with Crippen LogP contribution in [0, 0.1) is 0 Å². The number of imidazole rings is 1. The molecule has 0 saturated heterocycles. The van der Waals surface area contributed by atoms with Crippen LogP contribution in [0.25, 0.3) is 22.1 Å². The molecule has 6 rings (SSSR count). The van der Waals surface area contributed by atoms with Gasteiger partial charge in [0.15, 0.2) is 0 Å². The van der Waals surface area contributed by atoms with Crippen molar-refractivity contribution >= 4 is 65.1 Å². The van der Waals surface area contributed by atoms with Crippen molar-refractivity contribution in [3.8, 4) is 0 Å². The Bertz CT molecular complexity index is 2160. The molecule has 240 valence electrons. The molecule has 3 aromatic heterocycles. The zero-order valence-corrected chi connectivity index (χ0v) is 27.5. The Kier molecular flexibility index (Phi) is 9.06. The number of benzene rings is 2. The van der Waals surface area contributed by atoms with E-state index in [4.69, 9.17) is 16.6 Å². The SMILES string of the molecule is CS(=O)(=O)CCCn1c(CN2C(=O)CCCN(S(=O)(=O)c3ccc4nccnc4c3)CCc3ccncc32)nc2cc(Cl)ccc21. The van der Waals surface area contributed by atoms with Crippen molar-refractivity contribution < 1.29 is 21.6 Å². The molecule has 5 aromatic rings. The van der Waals surface area contributed by atoms with E-state index >= 15 is 0 Å². The van der Waals surface area contributed by atoms with Gasteiger partial charge in [0, 0.05) is 55.9 Å². The molecular formula is C31H32ClN7O5S2. The van der Waals surface area contributed by atoms with Crippen LogP contribution >= 0.6 is 11.6 Å². The fourth-order valence-electron chi connectivity index (χ4n) is 5.72. The summed E-state index contributed by atoms with van der Waals surface area (Å²) in [5.74, 6) is 0.387. The van der Waals surface area contributed by atoms with Gasteiger partial charge in [0.2, 0.25) is 15.9 Å². The maximum atomic E-state index is 13.9. The summed E-state index contributed by atoms with van der Waals surface area (Å²) in [6.45, 7) is 0.851. The molecule has 0 spiro atoms. The molecule has 12 nitrogen and oxygen atoms in total. The number of amides is 1. The number of carbonyl (C=O) groups excluding carboxylic acids is 1. The van der Waals surface area contributed by atoms with E-state index in [1.807, 2.05) is 10.6 Å². The van der Waals surface area contributed by atoms with Gasteiger partial charge in [-0.3, -0.25) is 19.7 Å². The first-order valence-electron chi connectivity index (χ1n) is 14.8. The summed E-state index contributed by atoms with van der Waals surface area (Å²) in [5.41, 5.74) is 3.84. The summed E-state index contributed by atoms with van der Waals surface area (Å²) in [6, 6.07) is 11.8. The molecule has 1 aliphatic heterocycles. The van der Waals surface area contributed by atoms with Crippen LogP contribution < -0.4 is 4.90 Å². The normalized spacial score (nSPS) is 15.3. The third kappa shape index (κ3) is 6.89. The minimum Gasteiger partial charge on any atom is -0.326 e. The van der Waals surface area contributed by atoms with Crippen molar-refractivity contribution in [1.29, 1.82) is 0 Å². The Labute approximate surface area is 272 Å². The Hall–Kier alpha value is -3.98. The van der Waals surface area contributed by atoms with E-state index < -0.39 is 19.9 Å². The Morgan fingerprint density at radius 1 is 0.891 bits per heavy atom. The summed E-state index contributed by atoms with van der Waals surface area (Å²) < 4.78 is 54.7. The van der Waals surface area contributed by atoms with Gasteiger partial charge in [-0.25, -0.2) is 21.8 Å². The molecule has 0 N–H and O–H groups in total. The Morgan fingerprint density at radius 2 is 1.70 bits per heavy atom. The number of aryl methyl sites for hydroxylation is 1. The van der Waals surface area contributed by atoms with Gasteiger partial charge in [0.1, 0.15) is 15.7 Å². The Morgan fingerprint density at radius 3 is 2.50 bits per heavy atom. The molecular weight excluding hydrogens is 650 g/mol. The van der Waals surface area contributed by atoms with Crippen molar-refractivity contribution in [3.05, 3.63) is 83.7 Å². The van der Waals surface area contributed by atoms with E-state index in [9.17, 15) is 21.6 Å². The predicted molar refractivity (Wildman–Crippen MR) is 176 cm³/mol. The molecule has 0 fully saturated rings. The van der Waals surface area contributed by atoms with Crippen molar-refractivity contribution in [2.75, 3.05) is 30.0 Å². The number of sulfonamides is 1. The molecule has 0 aliphatic carbocycles. The van der Waals surface area contributed by atoms with Crippen molar-refractivity contribution in [1.82, 2.24) is 28.8 Å². The first kappa shape index (κ1) is 32.0. The lowest BCUT2D eigenvalue weighted by atomic mass is 10.1. The highest BCUT2D eigenvalue weighted by molar-refractivity contribution is 7.90. The van der Waals surface area contributed by atoms with Crippen LogP contribution in [0.4, 0.5) is 5.69 Å². The second-order valence-corrected chi connectivity index (χ2v) is 15.9. The fourth-order valence-corrected chi connectivity index (χ4v) is 8.04. The first-order valence-corrected chi connectivity index (χ1v) is 18.6. The molecule has 15 heteroatoms. The molecule has 0 unspecified atom stereocenters. The minimum atomic E-state index is -3.89. The standard InChI is InChI=1S/C31H32ClN7O5S2/c1-45(41,42)17-3-15-38-28-8-5-23(32)18-27(28)36-30(38)21-39-29-20-33-11-9-22(29)10-16-37(14-2-4-31(39)40)46(43,44)24-6-7-25-26(19-24)35-13-12-34-25/h5-9,11-13,18-20H,2-4,10,14-17,21H2,1H3. The smallest absolute Gasteiger partial charge is 0.243 e. The summed E-state index contributed by atoms with van der Waals surface area (Å²) in [7, 11) is -7.05. The number of pyridine rings is 1. The number of fused-ring (bicyclic) bond motifs is 3. The van der Waals surface area contributed by atoms with Gasteiger partial charge in [-0.05, 0) is 67.3 Å². The number of hydrogen-bond donors (Lipinski definition) is 0. The number of halogens is 1. The van der Waals surface area contributed by atoms with Gasteiger partial charge in [-0.2, -0.15) is 4.31 Å². The van der Waals surface area contributed by atoms with Crippen molar-refractivity contribution in [3.63, 3.8) is 0 Å². The summed E-state index contributed by atoms with van der Waals surface area (Å²) in [6.07, 6.45) is 8.62. The number of carbonyl (C=O) groups is 1. The topological polar surface area (TPSA) is 148 Å². The second kappa shape index (κ2) is 13.0. The molecule has 0 bridgehead atoms. The molecule has 2 aromatic carbocycles. The van der Waals surface area contributed by atoms with Crippen LogP contribution in [0.1, 0.15) is 30.7 Å². The highest BCUT2D eigenvalue weighted by Gasteiger charge is 2.29. The first-order chi connectivity index (χ1) is 22.0. The van der Waals surface area contributed by atoms with Crippen LogP contribution in [0.3, 0.4) is 0 Å². The minimum absolute atomic E-state index is 0.0150. The number of anilines is 1. The molecule has 4 heterocycles. The van der Waals surface area contributed by atoms with E-state index in [1.54, 1.807) is 47.8 Å². The predicted octanol–water partition coefficient (Wildman–Crippen LogP) is 4.02. The maximum absolute atomic E-state index is 13.9. The van der Waals surface area contributed by atoms with Crippen molar-refractivity contribution in [2.45, 2.75) is 43.7 Å². The molecule has 0 radical (unpaired) electrons. The lowest BCUT2D eigenvalue weighted by Gasteiger charge is -2.29. The molecule has 0 atom stereocenters. The highest BCUT2D eigenvalue weighted by Crippen LogP contribution is 2.29. The average molecular weight is 682 g/mol. The number of nitrogens with zero attached hydrogens (tertiary/aromatic N) is 7. The third-order valence-electron chi connectivity index (χ3n) is 7.97. The van der Waals surface area contributed by atoms with Crippen LogP contribution in [0.15, 0.2) is 72.1 Å². The van der Waals surface area contributed by atoms with Crippen LogP contribution in [-0.2, 0) is 44.2 Å². The van der Waals surface area contributed by atoms with E-state index in [-0.39, 0.29) is 42.6 Å². The van der Waals surface area contributed by atoms with Crippen LogP contribution in [0.2, 0.25) is 5.02 Å². The van der Waals surface area contributed by atoms with Gasteiger partial charge < -0.3 is 9.47 Å². The van der Waals surface area contributed by atoms with Gasteiger partial charge in [-0.15, -0.1) is 0 Å². The highest BCUT2D eigenvalue weighted by atomic mass is 35.5. The molecule has 46 heavy (non-hydrogen) atoms. The molecule has 0 saturated carbocycles. The second-order valence-electron chi connectivity index (χ2n) is 11.2. The van der Waals surface area contributed by atoms with E-state index in [0.29, 0.717) is 58.9 Å². The number of sulfone groups is 1. The fraction of sp³-hybridized carbons (Fsp3) is 0.323. The summed E-state index contributed by atoms with van der Waals surface area (Å²) in [4.78, 5) is 33.2. The van der Waals surface area contributed by atoms with Crippen molar-refractivity contribution in [2.24, 2.45) is 0 Å². The van der Waals surface area contributed by atoms with E-state index in [1.165, 1.54) is 28.9 Å². The van der Waals surface area contributed by atoms with Gasteiger partial charge in [0.05, 0.1) is 51.1 Å². The van der Waals surface area contributed by atoms with Crippen LogP contribution in [0.5, 0.6) is 0 Å². The number of hydrogen-bond acceptors (Lipinski definition) is 9. The molecule has 1 amide bonds. The van der Waals surface area contributed by atoms with Gasteiger partial charge in [-0.1, -0.05) is 11.6 Å². The third-order valence-corrected chi connectivity index (χ3v) is 11.1. The number of aromatic nitrogens is 5. The summed E-state index contributed by atoms with van der Waals surface area (Å²) >= 11 is 6.25. The average Bonchev–Trinajstić information content (AvgIpc) is 3.36.